The molecule has 1 heterocycles. The van der Waals surface area contributed by atoms with Gasteiger partial charge < -0.3 is 15.4 Å². The largest absolute Gasteiger partial charge is 0.375 e. The first-order valence-corrected chi connectivity index (χ1v) is 5.69. The summed E-state index contributed by atoms with van der Waals surface area (Å²) in [6, 6.07) is 0. The van der Waals surface area contributed by atoms with E-state index in [1.54, 1.807) is 0 Å². The third-order valence-electron chi connectivity index (χ3n) is 2.39. The van der Waals surface area contributed by atoms with E-state index in [0.29, 0.717) is 6.54 Å². The van der Waals surface area contributed by atoms with Crippen molar-refractivity contribution in [3.05, 3.63) is 11.6 Å². The van der Waals surface area contributed by atoms with Gasteiger partial charge in [-0.25, -0.2) is 8.78 Å². The van der Waals surface area contributed by atoms with Crippen molar-refractivity contribution >= 4 is 5.91 Å². The van der Waals surface area contributed by atoms with Gasteiger partial charge in [0.25, 0.3) is 6.43 Å². The van der Waals surface area contributed by atoms with Crippen molar-refractivity contribution in [1.82, 2.24) is 10.6 Å². The monoisotopic (exact) mass is 248 g/mol. The average Bonchev–Trinajstić information content (AvgIpc) is 2.33. The van der Waals surface area contributed by atoms with Crippen LogP contribution in [0.25, 0.3) is 0 Å². The first-order valence-electron chi connectivity index (χ1n) is 5.69. The lowest BCUT2D eigenvalue weighted by Gasteiger charge is -2.14. The molecule has 0 spiro atoms. The van der Waals surface area contributed by atoms with E-state index < -0.39 is 13.0 Å². The molecule has 0 unspecified atom stereocenters. The Morgan fingerprint density at radius 3 is 3.06 bits per heavy atom. The molecule has 1 aliphatic rings. The van der Waals surface area contributed by atoms with Gasteiger partial charge in [-0.15, -0.1) is 0 Å². The van der Waals surface area contributed by atoms with Crippen LogP contribution in [0.1, 0.15) is 12.8 Å². The second kappa shape index (κ2) is 8.14. The van der Waals surface area contributed by atoms with E-state index in [4.69, 9.17) is 0 Å². The highest BCUT2D eigenvalue weighted by atomic mass is 19.3. The molecule has 0 aromatic carbocycles. The summed E-state index contributed by atoms with van der Waals surface area (Å²) >= 11 is 0. The minimum atomic E-state index is -2.47. The van der Waals surface area contributed by atoms with Crippen LogP contribution >= 0.6 is 0 Å². The second-order valence-electron chi connectivity index (χ2n) is 3.81. The molecule has 1 rings (SSSR count). The maximum Gasteiger partial charge on any atom is 0.261 e. The average molecular weight is 248 g/mol. The zero-order valence-corrected chi connectivity index (χ0v) is 9.68. The fourth-order valence-corrected chi connectivity index (χ4v) is 1.47. The molecule has 0 saturated heterocycles. The van der Waals surface area contributed by atoms with Gasteiger partial charge in [0, 0.05) is 19.5 Å². The highest BCUT2D eigenvalue weighted by molar-refractivity contribution is 5.76. The molecule has 2 N–H and O–H groups in total. The van der Waals surface area contributed by atoms with Gasteiger partial charge in [0.1, 0.15) is 6.61 Å². The highest BCUT2D eigenvalue weighted by Gasteiger charge is 2.06. The fraction of sp³-hybridized carbons (Fsp3) is 0.727. The van der Waals surface area contributed by atoms with Crippen LogP contribution in [0.3, 0.4) is 0 Å². The summed E-state index contributed by atoms with van der Waals surface area (Å²) in [5, 5.41) is 5.91. The first kappa shape index (κ1) is 14.1. The molecule has 1 amide bonds. The van der Waals surface area contributed by atoms with Gasteiger partial charge in [0.15, 0.2) is 0 Å². The van der Waals surface area contributed by atoms with Crippen molar-refractivity contribution in [2.24, 2.45) is 0 Å². The topological polar surface area (TPSA) is 50.4 Å². The van der Waals surface area contributed by atoms with E-state index in [1.165, 1.54) is 5.57 Å². The van der Waals surface area contributed by atoms with Crippen LogP contribution in [0.2, 0.25) is 0 Å². The summed E-state index contributed by atoms with van der Waals surface area (Å²) < 4.78 is 28.0. The third-order valence-corrected chi connectivity index (χ3v) is 2.39. The molecule has 0 saturated carbocycles. The van der Waals surface area contributed by atoms with Gasteiger partial charge in [-0.05, 0) is 13.0 Å². The molecule has 98 valence electrons. The number of hydrogen-bond acceptors (Lipinski definition) is 3. The molecule has 0 radical (unpaired) electrons. The number of carbonyl (C=O) groups excluding carboxylic acids is 1. The minimum Gasteiger partial charge on any atom is -0.375 e. The normalized spacial score (nSPS) is 15.8. The SMILES string of the molecule is O=C(CCOCC(F)F)NCC1=CCNCC1. The van der Waals surface area contributed by atoms with E-state index in [9.17, 15) is 13.6 Å². The number of amides is 1. The van der Waals surface area contributed by atoms with Crippen LogP contribution in [-0.2, 0) is 9.53 Å². The number of halogens is 2. The van der Waals surface area contributed by atoms with Crippen molar-refractivity contribution < 1.29 is 18.3 Å². The molecule has 0 aromatic rings. The van der Waals surface area contributed by atoms with Crippen molar-refractivity contribution in [3.63, 3.8) is 0 Å². The molecular weight excluding hydrogens is 230 g/mol. The van der Waals surface area contributed by atoms with Gasteiger partial charge in [-0.3, -0.25) is 4.79 Å². The predicted molar refractivity (Wildman–Crippen MR) is 60.0 cm³/mol. The molecule has 0 atom stereocenters. The van der Waals surface area contributed by atoms with Crippen LogP contribution in [0.4, 0.5) is 8.78 Å². The molecule has 17 heavy (non-hydrogen) atoms. The summed E-state index contributed by atoms with van der Waals surface area (Å²) in [7, 11) is 0. The van der Waals surface area contributed by atoms with Gasteiger partial charge in [-0.2, -0.15) is 0 Å². The standard InChI is InChI=1S/C11H18F2N2O2/c12-10(13)8-17-6-3-11(16)15-7-9-1-4-14-5-2-9/h1,10,14H,2-8H2,(H,15,16). The Labute approximate surface area is 99.4 Å². The number of nitrogens with one attached hydrogen (secondary N) is 2. The number of carbonyl (C=O) groups is 1. The van der Waals surface area contributed by atoms with Crippen LogP contribution in [0.15, 0.2) is 11.6 Å². The summed E-state index contributed by atoms with van der Waals surface area (Å²) in [6.45, 7) is 1.73. The Bertz CT molecular complexity index is 270. The number of ether oxygens (including phenoxy) is 1. The lowest BCUT2D eigenvalue weighted by Crippen LogP contribution is -2.30. The smallest absolute Gasteiger partial charge is 0.261 e. The van der Waals surface area contributed by atoms with Crippen LogP contribution in [-0.4, -0.2) is 45.2 Å². The van der Waals surface area contributed by atoms with Gasteiger partial charge >= 0.3 is 0 Å². The Balaban J connectivity index is 2.02. The van der Waals surface area contributed by atoms with E-state index in [2.05, 4.69) is 21.4 Å². The minimum absolute atomic E-state index is 0.0385. The van der Waals surface area contributed by atoms with Crippen molar-refractivity contribution in [3.8, 4) is 0 Å². The van der Waals surface area contributed by atoms with Crippen molar-refractivity contribution in [2.45, 2.75) is 19.3 Å². The van der Waals surface area contributed by atoms with Gasteiger partial charge in [0.2, 0.25) is 5.91 Å². The second-order valence-corrected chi connectivity index (χ2v) is 3.81. The Kier molecular flexibility index (Phi) is 6.73. The third kappa shape index (κ3) is 7.01. The van der Waals surface area contributed by atoms with E-state index in [-0.39, 0.29) is 18.9 Å². The van der Waals surface area contributed by atoms with E-state index in [1.807, 2.05) is 0 Å². The number of alkyl halides is 2. The van der Waals surface area contributed by atoms with Gasteiger partial charge in [-0.1, -0.05) is 11.6 Å². The number of rotatable bonds is 7. The summed E-state index contributed by atoms with van der Waals surface area (Å²) in [5.41, 5.74) is 1.20. The zero-order valence-electron chi connectivity index (χ0n) is 9.68. The maximum absolute atomic E-state index is 11.7. The first-order chi connectivity index (χ1) is 8.18. The maximum atomic E-state index is 11.7. The summed E-state index contributed by atoms with van der Waals surface area (Å²) in [6.07, 6.45) is 0.635. The Morgan fingerprint density at radius 2 is 2.41 bits per heavy atom. The fourth-order valence-electron chi connectivity index (χ4n) is 1.47. The number of hydrogen-bond donors (Lipinski definition) is 2. The summed E-state index contributed by atoms with van der Waals surface area (Å²) in [5.74, 6) is -0.168. The van der Waals surface area contributed by atoms with Crippen molar-refractivity contribution in [1.29, 1.82) is 0 Å². The molecular formula is C11H18F2N2O2. The lowest BCUT2D eigenvalue weighted by molar-refractivity contribution is -0.122. The molecule has 6 heteroatoms. The molecule has 0 aliphatic carbocycles. The predicted octanol–water partition coefficient (Wildman–Crippen LogP) is 0.694. The lowest BCUT2D eigenvalue weighted by atomic mass is 10.1. The quantitative estimate of drug-likeness (QED) is 0.515. The van der Waals surface area contributed by atoms with E-state index >= 15 is 0 Å². The summed E-state index contributed by atoms with van der Waals surface area (Å²) in [4.78, 5) is 11.3. The van der Waals surface area contributed by atoms with Crippen molar-refractivity contribution in [2.75, 3.05) is 32.8 Å². The Morgan fingerprint density at radius 1 is 1.59 bits per heavy atom. The Hall–Kier alpha value is -1.01. The zero-order chi connectivity index (χ0) is 12.5. The van der Waals surface area contributed by atoms with Crippen LogP contribution < -0.4 is 10.6 Å². The molecule has 0 aromatic heterocycles. The van der Waals surface area contributed by atoms with E-state index in [0.717, 1.165) is 19.5 Å². The van der Waals surface area contributed by atoms with Gasteiger partial charge in [0.05, 0.1) is 6.61 Å². The van der Waals surface area contributed by atoms with Crippen LogP contribution in [0, 0.1) is 0 Å². The molecule has 4 nitrogen and oxygen atoms in total. The molecule has 1 aliphatic heterocycles. The highest BCUT2D eigenvalue weighted by Crippen LogP contribution is 2.02. The van der Waals surface area contributed by atoms with Crippen LogP contribution in [0.5, 0.6) is 0 Å². The molecule has 0 fully saturated rings. The molecule has 0 bridgehead atoms.